The first kappa shape index (κ1) is 38.6. The normalized spacial score (nSPS) is 12.6. The van der Waals surface area contributed by atoms with Gasteiger partial charge in [-0.15, -0.1) is 11.3 Å². The van der Waals surface area contributed by atoms with Crippen LogP contribution in [0.1, 0.15) is 45.1 Å². The number of rotatable bonds is 16. The van der Waals surface area contributed by atoms with Gasteiger partial charge < -0.3 is 25.2 Å². The molecule has 14 heteroatoms. The van der Waals surface area contributed by atoms with Gasteiger partial charge in [-0.1, -0.05) is 6.08 Å². The molecular weight excluding hydrogens is 675 g/mol. The zero-order valence-electron chi connectivity index (χ0n) is 29.0. The number of ether oxygens (including phenoxy) is 1. The Morgan fingerprint density at radius 2 is 1.92 bits per heavy atom. The minimum atomic E-state index is -0.527. The molecular formula is C37H42F2N8O3S. The Hall–Kier alpha value is -5.23. The van der Waals surface area contributed by atoms with E-state index in [2.05, 4.69) is 37.4 Å². The standard InChI is InChI=1S/C34H36F2N8O2S.C3H6O/c1-22-27-17-25(18-29(36)33(27)42-41-22)40-34(46)23-10-11-31(30(16-23)38-2)44(4)14-13-43(3)12-7-9-24(8-5-6-15-45)39-21-26-19-28(35)32(20-37)47-26;1-2-4-3-1/h5-6,8,10-11,15-19,39H,2,7,9,12-14,21H2,1,3-4H3,(H,40,46)(H,41,42);1-3H2/b6-5-,24-8-;. The summed E-state index contributed by atoms with van der Waals surface area (Å²) < 4.78 is 33.0. The van der Waals surface area contributed by atoms with E-state index in [1.165, 1.54) is 24.6 Å². The molecule has 0 bridgehead atoms. The van der Waals surface area contributed by atoms with Crippen molar-refractivity contribution in [1.29, 1.82) is 5.26 Å². The van der Waals surface area contributed by atoms with E-state index in [1.54, 1.807) is 31.2 Å². The lowest BCUT2D eigenvalue weighted by Gasteiger charge is -2.25. The molecule has 4 aromatic rings. The van der Waals surface area contributed by atoms with Crippen LogP contribution in [0.2, 0.25) is 0 Å². The first-order valence-electron chi connectivity index (χ1n) is 16.4. The molecule has 0 unspecified atom stereocenters. The number of fused-ring (bicyclic) bond motifs is 1. The molecule has 1 aliphatic rings. The summed E-state index contributed by atoms with van der Waals surface area (Å²) in [6, 6.07) is 11.3. The minimum absolute atomic E-state index is 0.0600. The first-order valence-corrected chi connectivity index (χ1v) is 17.2. The zero-order chi connectivity index (χ0) is 36.8. The monoisotopic (exact) mass is 716 g/mol. The van der Waals surface area contributed by atoms with Gasteiger partial charge in [-0.25, -0.2) is 8.78 Å². The molecule has 2 aromatic heterocycles. The number of likely N-dealkylation sites (N-methyl/N-ethyl adjacent to an activating group) is 2. The summed E-state index contributed by atoms with van der Waals surface area (Å²) in [7, 11) is 3.97. The fourth-order valence-electron chi connectivity index (χ4n) is 5.05. The average Bonchev–Trinajstić information content (AvgIpc) is 3.65. The first-order chi connectivity index (χ1) is 24.6. The van der Waals surface area contributed by atoms with Gasteiger partial charge in [0.2, 0.25) is 0 Å². The van der Waals surface area contributed by atoms with Gasteiger partial charge in [0.15, 0.2) is 11.6 Å². The molecule has 1 aliphatic heterocycles. The fraction of sp³-hybridized carbons (Fsp3) is 0.324. The predicted octanol–water partition coefficient (Wildman–Crippen LogP) is 6.65. The van der Waals surface area contributed by atoms with Crippen molar-refractivity contribution in [3.8, 4) is 6.07 Å². The van der Waals surface area contributed by atoms with Crippen molar-refractivity contribution in [2.24, 2.45) is 4.99 Å². The highest BCUT2D eigenvalue weighted by Gasteiger charge is 2.15. The Morgan fingerprint density at radius 3 is 2.59 bits per heavy atom. The average molecular weight is 717 g/mol. The lowest BCUT2D eigenvalue weighted by molar-refractivity contribution is -0.104. The van der Waals surface area contributed by atoms with Gasteiger partial charge in [0.25, 0.3) is 5.91 Å². The maximum Gasteiger partial charge on any atom is 0.255 e. The Labute approximate surface area is 300 Å². The SMILES string of the molecule is C1COC1.C=Nc1cc(C(=O)Nc2cc(F)c3n[nH]c(C)c3c2)ccc1N(C)CCN(C)CCC/C(=C/C=C\C=O)NCc1cc(F)c(C#N)s1. The van der Waals surface area contributed by atoms with E-state index >= 15 is 0 Å². The van der Waals surface area contributed by atoms with Crippen LogP contribution in [-0.4, -0.2) is 81.0 Å². The summed E-state index contributed by atoms with van der Waals surface area (Å²) in [5.41, 5.74) is 3.87. The second-order valence-electron chi connectivity index (χ2n) is 11.9. The Kier molecular flexibility index (Phi) is 14.5. The van der Waals surface area contributed by atoms with Gasteiger partial charge in [-0.2, -0.15) is 10.4 Å². The fourth-order valence-corrected chi connectivity index (χ4v) is 5.82. The van der Waals surface area contributed by atoms with Gasteiger partial charge in [-0.05, 0) is 95.0 Å². The number of allylic oxidation sites excluding steroid dienone is 4. The van der Waals surface area contributed by atoms with Crippen LogP contribution in [0.4, 0.5) is 25.8 Å². The number of aliphatic imine (C=N–C) groups is 1. The van der Waals surface area contributed by atoms with Crippen molar-refractivity contribution in [3.05, 3.63) is 93.0 Å². The molecule has 0 aliphatic carbocycles. The third-order valence-electron chi connectivity index (χ3n) is 8.08. The molecule has 0 spiro atoms. The van der Waals surface area contributed by atoms with Gasteiger partial charge in [0.1, 0.15) is 22.7 Å². The van der Waals surface area contributed by atoms with Crippen LogP contribution in [0.25, 0.3) is 10.9 Å². The summed E-state index contributed by atoms with van der Waals surface area (Å²) in [5, 5.41) is 22.3. The highest BCUT2D eigenvalue weighted by molar-refractivity contribution is 7.12. The molecule has 268 valence electrons. The third-order valence-corrected chi connectivity index (χ3v) is 9.09. The van der Waals surface area contributed by atoms with Gasteiger partial charge in [0, 0.05) is 72.8 Å². The molecule has 3 N–H and O–H groups in total. The van der Waals surface area contributed by atoms with Crippen LogP contribution < -0.4 is 15.5 Å². The van der Waals surface area contributed by atoms with Crippen molar-refractivity contribution >= 4 is 58.2 Å². The maximum absolute atomic E-state index is 14.5. The number of nitrogens with one attached hydrogen (secondary N) is 3. The molecule has 0 radical (unpaired) electrons. The van der Waals surface area contributed by atoms with Crippen LogP contribution in [0.5, 0.6) is 0 Å². The lowest BCUT2D eigenvalue weighted by Crippen LogP contribution is -2.31. The topological polar surface area (TPSA) is 139 Å². The summed E-state index contributed by atoms with van der Waals surface area (Å²) in [5.74, 6) is -1.44. The summed E-state index contributed by atoms with van der Waals surface area (Å²) in [6.07, 6.45) is 8.40. The number of thiophene rings is 1. The number of halogens is 2. The van der Waals surface area contributed by atoms with Crippen molar-refractivity contribution < 1.29 is 23.1 Å². The molecule has 1 fully saturated rings. The highest BCUT2D eigenvalue weighted by Crippen LogP contribution is 2.30. The molecule has 2 aromatic carbocycles. The van der Waals surface area contributed by atoms with Gasteiger partial charge in [-0.3, -0.25) is 19.7 Å². The number of nitriles is 1. The van der Waals surface area contributed by atoms with E-state index in [4.69, 9.17) is 10.00 Å². The number of amides is 1. The van der Waals surface area contributed by atoms with Crippen LogP contribution in [0.15, 0.2) is 65.3 Å². The van der Waals surface area contributed by atoms with Crippen molar-refractivity contribution in [2.45, 2.75) is 32.7 Å². The summed E-state index contributed by atoms with van der Waals surface area (Å²) in [6.45, 7) is 10.1. The van der Waals surface area contributed by atoms with Crippen LogP contribution >= 0.6 is 11.3 Å². The number of anilines is 2. The maximum atomic E-state index is 14.5. The second kappa shape index (κ2) is 19.2. The Bertz CT molecular complexity index is 1920. The number of aromatic nitrogens is 2. The van der Waals surface area contributed by atoms with E-state index < -0.39 is 17.5 Å². The van der Waals surface area contributed by atoms with Gasteiger partial charge in [0.05, 0.1) is 11.4 Å². The third kappa shape index (κ3) is 11.1. The van der Waals surface area contributed by atoms with E-state index in [1.807, 2.05) is 37.2 Å². The highest BCUT2D eigenvalue weighted by atomic mass is 32.1. The number of aromatic amines is 1. The minimum Gasteiger partial charge on any atom is -0.383 e. The number of aryl methyl sites for hydroxylation is 1. The number of carbonyl (C=O) groups is 2. The predicted molar refractivity (Wildman–Crippen MR) is 199 cm³/mol. The molecule has 5 rings (SSSR count). The number of hydrogen-bond acceptors (Lipinski definition) is 10. The van der Waals surface area contributed by atoms with E-state index in [9.17, 15) is 18.4 Å². The number of benzene rings is 2. The largest absolute Gasteiger partial charge is 0.383 e. The van der Waals surface area contributed by atoms with E-state index in [-0.39, 0.29) is 10.4 Å². The van der Waals surface area contributed by atoms with Crippen LogP contribution in [0.3, 0.4) is 0 Å². The number of aldehydes is 1. The molecule has 51 heavy (non-hydrogen) atoms. The number of H-pyrrole nitrogens is 1. The van der Waals surface area contributed by atoms with Crippen molar-refractivity contribution in [2.75, 3.05) is 57.2 Å². The summed E-state index contributed by atoms with van der Waals surface area (Å²) in [4.78, 5) is 32.9. The van der Waals surface area contributed by atoms with Crippen molar-refractivity contribution in [3.63, 3.8) is 0 Å². The van der Waals surface area contributed by atoms with Gasteiger partial charge >= 0.3 is 0 Å². The second-order valence-corrected chi connectivity index (χ2v) is 13.0. The molecule has 0 saturated carbocycles. The Morgan fingerprint density at radius 1 is 1.16 bits per heavy atom. The number of carbonyl (C=O) groups excluding carboxylic acids is 2. The number of nitrogens with zero attached hydrogens (tertiary/aromatic N) is 5. The quantitative estimate of drug-likeness (QED) is 0.0507. The van der Waals surface area contributed by atoms with E-state index in [0.29, 0.717) is 58.7 Å². The Balaban J connectivity index is 0.00000136. The number of hydrogen-bond donors (Lipinski definition) is 3. The van der Waals surface area contributed by atoms with E-state index in [0.717, 1.165) is 55.4 Å². The van der Waals surface area contributed by atoms with Crippen LogP contribution in [0, 0.1) is 29.9 Å². The summed E-state index contributed by atoms with van der Waals surface area (Å²) >= 11 is 1.11. The smallest absolute Gasteiger partial charge is 0.255 e. The molecule has 3 heterocycles. The lowest BCUT2D eigenvalue weighted by atomic mass is 10.1. The molecule has 0 atom stereocenters. The van der Waals surface area contributed by atoms with Crippen LogP contribution in [-0.2, 0) is 16.1 Å². The van der Waals surface area contributed by atoms with Crippen molar-refractivity contribution in [1.82, 2.24) is 20.4 Å². The zero-order valence-corrected chi connectivity index (χ0v) is 29.8. The molecule has 1 amide bonds. The molecule has 11 nitrogen and oxygen atoms in total. The molecule has 1 saturated heterocycles.